The zero-order valence-corrected chi connectivity index (χ0v) is 11.5. The highest BCUT2D eigenvalue weighted by Gasteiger charge is 2.11. The number of nitrogen functional groups attached to an aromatic ring is 1. The third-order valence-electron chi connectivity index (χ3n) is 2.73. The minimum absolute atomic E-state index is 0.0944. The van der Waals surface area contributed by atoms with E-state index >= 15 is 0 Å². The van der Waals surface area contributed by atoms with Crippen molar-refractivity contribution in [2.75, 3.05) is 5.73 Å². The fraction of sp³-hybridized carbons (Fsp3) is 0.333. The Morgan fingerprint density at radius 1 is 1.56 bits per heavy atom. The van der Waals surface area contributed by atoms with Crippen LogP contribution < -0.4 is 11.1 Å². The number of amides is 1. The second-order valence-electron chi connectivity index (χ2n) is 4.22. The maximum Gasteiger partial charge on any atom is 0.261 e. The van der Waals surface area contributed by atoms with Crippen molar-refractivity contribution in [3.63, 3.8) is 0 Å². The lowest BCUT2D eigenvalue weighted by atomic mass is 10.2. The molecule has 18 heavy (non-hydrogen) atoms. The number of rotatable bonds is 3. The van der Waals surface area contributed by atoms with Crippen LogP contribution in [0.15, 0.2) is 12.3 Å². The number of nitrogens with one attached hydrogen (secondary N) is 1. The molecule has 2 aromatic rings. The average molecular weight is 264 g/mol. The van der Waals surface area contributed by atoms with Crippen LogP contribution in [-0.4, -0.2) is 15.7 Å². The minimum Gasteiger partial charge on any atom is -0.398 e. The molecule has 0 atom stereocenters. The predicted molar refractivity (Wildman–Crippen MR) is 72.6 cm³/mol. The van der Waals surface area contributed by atoms with E-state index in [2.05, 4.69) is 10.4 Å². The van der Waals surface area contributed by atoms with Gasteiger partial charge in [-0.3, -0.25) is 9.48 Å². The van der Waals surface area contributed by atoms with Crippen molar-refractivity contribution in [3.05, 3.63) is 33.3 Å². The Balaban J connectivity index is 2.02. The van der Waals surface area contributed by atoms with Crippen LogP contribution in [0.3, 0.4) is 0 Å². The Kier molecular flexibility index (Phi) is 3.38. The van der Waals surface area contributed by atoms with Crippen LogP contribution in [0.5, 0.6) is 0 Å². The first kappa shape index (κ1) is 12.6. The van der Waals surface area contributed by atoms with E-state index in [4.69, 9.17) is 5.73 Å². The topological polar surface area (TPSA) is 72.9 Å². The molecule has 0 radical (unpaired) electrons. The predicted octanol–water partition coefficient (Wildman–Crippen LogP) is 1.61. The van der Waals surface area contributed by atoms with Gasteiger partial charge in [0.15, 0.2) is 0 Å². The van der Waals surface area contributed by atoms with Crippen molar-refractivity contribution in [2.45, 2.75) is 20.4 Å². The van der Waals surface area contributed by atoms with E-state index in [1.54, 1.807) is 10.7 Å². The van der Waals surface area contributed by atoms with Gasteiger partial charge < -0.3 is 11.1 Å². The normalized spacial score (nSPS) is 10.6. The van der Waals surface area contributed by atoms with Gasteiger partial charge in [-0.05, 0) is 19.9 Å². The molecule has 0 unspecified atom stereocenters. The van der Waals surface area contributed by atoms with Gasteiger partial charge >= 0.3 is 0 Å². The summed E-state index contributed by atoms with van der Waals surface area (Å²) in [6.07, 6.45) is 1.91. The van der Waals surface area contributed by atoms with Crippen LogP contribution in [0.4, 0.5) is 5.69 Å². The van der Waals surface area contributed by atoms with Crippen molar-refractivity contribution in [2.24, 2.45) is 7.05 Å². The van der Waals surface area contributed by atoms with Crippen molar-refractivity contribution in [3.8, 4) is 0 Å². The van der Waals surface area contributed by atoms with E-state index in [1.165, 1.54) is 11.3 Å². The summed E-state index contributed by atoms with van der Waals surface area (Å²) in [4.78, 5) is 13.5. The molecule has 0 bridgehead atoms. The number of carbonyl (C=O) groups excluding carboxylic acids is 1. The summed E-state index contributed by atoms with van der Waals surface area (Å²) in [7, 11) is 1.86. The summed E-state index contributed by atoms with van der Waals surface area (Å²) >= 11 is 1.41. The number of hydrogen-bond acceptors (Lipinski definition) is 4. The monoisotopic (exact) mass is 264 g/mol. The lowest BCUT2D eigenvalue weighted by Gasteiger charge is -2.01. The molecule has 0 spiro atoms. The molecular weight excluding hydrogens is 248 g/mol. The average Bonchev–Trinajstić information content (AvgIpc) is 2.79. The molecule has 0 aliphatic carbocycles. The van der Waals surface area contributed by atoms with E-state index in [0.29, 0.717) is 17.1 Å². The van der Waals surface area contributed by atoms with Gasteiger partial charge in [-0.25, -0.2) is 0 Å². The number of anilines is 1. The number of aromatic nitrogens is 2. The number of aryl methyl sites for hydroxylation is 3. The van der Waals surface area contributed by atoms with E-state index in [9.17, 15) is 4.79 Å². The second-order valence-corrected chi connectivity index (χ2v) is 5.47. The first-order chi connectivity index (χ1) is 8.47. The molecule has 96 valence electrons. The number of thiophene rings is 1. The highest BCUT2D eigenvalue weighted by atomic mass is 32.1. The van der Waals surface area contributed by atoms with Crippen LogP contribution in [-0.2, 0) is 13.6 Å². The molecule has 0 aliphatic rings. The van der Waals surface area contributed by atoms with Crippen LogP contribution in [0, 0.1) is 13.8 Å². The molecule has 0 saturated heterocycles. The summed E-state index contributed by atoms with van der Waals surface area (Å²) in [6, 6.07) is 1.71. The Morgan fingerprint density at radius 2 is 2.28 bits per heavy atom. The Morgan fingerprint density at radius 3 is 2.78 bits per heavy atom. The number of nitrogens with two attached hydrogens (primary N) is 1. The Labute approximate surface area is 110 Å². The number of nitrogens with zero attached hydrogens (tertiary/aromatic N) is 2. The van der Waals surface area contributed by atoms with E-state index < -0.39 is 0 Å². The van der Waals surface area contributed by atoms with Gasteiger partial charge in [-0.15, -0.1) is 11.3 Å². The zero-order valence-electron chi connectivity index (χ0n) is 10.7. The molecule has 0 saturated carbocycles. The molecule has 0 aliphatic heterocycles. The first-order valence-corrected chi connectivity index (χ1v) is 6.42. The van der Waals surface area contributed by atoms with Crippen LogP contribution >= 0.6 is 11.3 Å². The SMILES string of the molecule is Cc1nn(C)cc1CNC(=O)c1cc(N)c(C)s1. The maximum atomic E-state index is 11.9. The molecule has 2 aromatic heterocycles. The Hall–Kier alpha value is -1.82. The second kappa shape index (κ2) is 4.81. The quantitative estimate of drug-likeness (QED) is 0.884. The van der Waals surface area contributed by atoms with Gasteiger partial charge in [0.1, 0.15) is 0 Å². The van der Waals surface area contributed by atoms with E-state index in [1.807, 2.05) is 27.1 Å². The molecule has 5 nitrogen and oxygen atoms in total. The van der Waals surface area contributed by atoms with Gasteiger partial charge in [0, 0.05) is 35.9 Å². The van der Waals surface area contributed by atoms with E-state index in [0.717, 1.165) is 16.1 Å². The van der Waals surface area contributed by atoms with Crippen molar-refractivity contribution in [1.29, 1.82) is 0 Å². The molecule has 1 amide bonds. The lowest BCUT2D eigenvalue weighted by Crippen LogP contribution is -2.21. The molecule has 3 N–H and O–H groups in total. The minimum atomic E-state index is -0.0944. The highest BCUT2D eigenvalue weighted by molar-refractivity contribution is 7.14. The van der Waals surface area contributed by atoms with Crippen molar-refractivity contribution in [1.82, 2.24) is 15.1 Å². The van der Waals surface area contributed by atoms with Crippen LogP contribution in [0.2, 0.25) is 0 Å². The fourth-order valence-corrected chi connectivity index (χ4v) is 2.55. The third kappa shape index (κ3) is 2.53. The largest absolute Gasteiger partial charge is 0.398 e. The van der Waals surface area contributed by atoms with Gasteiger partial charge in [-0.1, -0.05) is 0 Å². The summed E-state index contributed by atoms with van der Waals surface area (Å²) in [6.45, 7) is 4.31. The third-order valence-corrected chi connectivity index (χ3v) is 3.80. The molecule has 6 heteroatoms. The summed E-state index contributed by atoms with van der Waals surface area (Å²) in [5.74, 6) is -0.0944. The van der Waals surface area contributed by atoms with Gasteiger partial charge in [0.05, 0.1) is 10.6 Å². The smallest absolute Gasteiger partial charge is 0.261 e. The van der Waals surface area contributed by atoms with E-state index in [-0.39, 0.29) is 5.91 Å². The Bertz CT molecular complexity index is 565. The zero-order chi connectivity index (χ0) is 13.3. The standard InChI is InChI=1S/C12H16N4OS/c1-7-9(6-16(3)15-7)5-14-12(17)11-4-10(13)8(2)18-11/h4,6H,5,13H2,1-3H3,(H,14,17). The molecule has 0 aromatic carbocycles. The number of carbonyl (C=O) groups is 1. The molecule has 2 heterocycles. The molecular formula is C12H16N4OS. The summed E-state index contributed by atoms with van der Waals surface area (Å²) < 4.78 is 1.74. The molecule has 0 fully saturated rings. The molecule has 2 rings (SSSR count). The summed E-state index contributed by atoms with van der Waals surface area (Å²) in [5, 5.41) is 7.10. The number of hydrogen-bond donors (Lipinski definition) is 2. The van der Waals surface area contributed by atoms with Crippen LogP contribution in [0.1, 0.15) is 25.8 Å². The maximum absolute atomic E-state index is 11.9. The lowest BCUT2D eigenvalue weighted by molar-refractivity contribution is 0.0955. The van der Waals surface area contributed by atoms with Gasteiger partial charge in [-0.2, -0.15) is 5.10 Å². The van der Waals surface area contributed by atoms with Gasteiger partial charge in [0.2, 0.25) is 0 Å². The van der Waals surface area contributed by atoms with Crippen LogP contribution in [0.25, 0.3) is 0 Å². The fourth-order valence-electron chi connectivity index (χ4n) is 1.69. The van der Waals surface area contributed by atoms with Crippen molar-refractivity contribution >= 4 is 22.9 Å². The highest BCUT2D eigenvalue weighted by Crippen LogP contribution is 2.23. The van der Waals surface area contributed by atoms with Gasteiger partial charge in [0.25, 0.3) is 5.91 Å². The van der Waals surface area contributed by atoms with Crippen molar-refractivity contribution < 1.29 is 4.79 Å². The first-order valence-electron chi connectivity index (χ1n) is 5.60. The summed E-state index contributed by atoms with van der Waals surface area (Å²) in [5.41, 5.74) is 8.35.